The first-order chi connectivity index (χ1) is 15.8. The van der Waals surface area contributed by atoms with E-state index < -0.39 is 0 Å². The second kappa shape index (κ2) is 10.2. The highest BCUT2D eigenvalue weighted by Gasteiger charge is 2.17. The van der Waals surface area contributed by atoms with Gasteiger partial charge in [-0.05, 0) is 72.2 Å². The van der Waals surface area contributed by atoms with E-state index in [1.54, 1.807) is 0 Å². The van der Waals surface area contributed by atoms with E-state index in [-0.39, 0.29) is 0 Å². The Bertz CT molecular complexity index is 991. The van der Waals surface area contributed by atoms with Crippen LogP contribution in [0.15, 0.2) is 72.8 Å². The third-order valence-corrected chi connectivity index (χ3v) is 6.90. The first-order valence-electron chi connectivity index (χ1n) is 12.2. The molecule has 32 heavy (non-hydrogen) atoms. The number of hydrogen-bond donors (Lipinski definition) is 0. The maximum atomic E-state index is 6.06. The second-order valence-electron chi connectivity index (χ2n) is 9.15. The van der Waals surface area contributed by atoms with Crippen molar-refractivity contribution in [3.8, 4) is 5.75 Å². The van der Waals surface area contributed by atoms with Gasteiger partial charge in [0, 0.05) is 44.8 Å². The van der Waals surface area contributed by atoms with Crippen LogP contribution < -0.4 is 9.64 Å². The summed E-state index contributed by atoms with van der Waals surface area (Å²) in [6.07, 6.45) is 6.02. The molecule has 1 saturated heterocycles. The Kier molecular flexibility index (Phi) is 6.74. The molecule has 0 radical (unpaired) electrons. The first kappa shape index (κ1) is 21.1. The minimum Gasteiger partial charge on any atom is -0.493 e. The topological polar surface area (TPSA) is 15.7 Å². The Balaban J connectivity index is 1.06. The molecule has 0 spiro atoms. The largest absolute Gasteiger partial charge is 0.493 e. The maximum absolute atomic E-state index is 6.06. The average molecular weight is 427 g/mol. The van der Waals surface area contributed by atoms with Crippen LogP contribution in [0.1, 0.15) is 35.1 Å². The predicted octanol–water partition coefficient (Wildman–Crippen LogP) is 5.51. The van der Waals surface area contributed by atoms with E-state index in [0.29, 0.717) is 0 Å². The normalized spacial score (nSPS) is 16.6. The lowest BCUT2D eigenvalue weighted by atomic mass is 9.92. The lowest BCUT2D eigenvalue weighted by molar-refractivity contribution is 0.250. The third-order valence-electron chi connectivity index (χ3n) is 6.90. The molecule has 0 amide bonds. The summed E-state index contributed by atoms with van der Waals surface area (Å²) in [5, 5.41) is 0. The minimum absolute atomic E-state index is 0.736. The molecule has 1 heterocycles. The SMILES string of the molecule is c1ccc(N2CCN(Cc3ccc(CCOc4ccc5c(c4)CCCC5)cc3)CC2)cc1. The average Bonchev–Trinajstić information content (AvgIpc) is 2.86. The van der Waals surface area contributed by atoms with Crippen LogP contribution in [-0.4, -0.2) is 37.7 Å². The second-order valence-corrected chi connectivity index (χ2v) is 9.15. The van der Waals surface area contributed by atoms with Gasteiger partial charge in [-0.3, -0.25) is 4.90 Å². The van der Waals surface area contributed by atoms with Crippen LogP contribution in [0.2, 0.25) is 0 Å². The van der Waals surface area contributed by atoms with Gasteiger partial charge in [-0.2, -0.15) is 0 Å². The van der Waals surface area contributed by atoms with Crippen LogP contribution in [0.4, 0.5) is 5.69 Å². The Labute approximate surface area is 192 Å². The van der Waals surface area contributed by atoms with Gasteiger partial charge in [0.15, 0.2) is 0 Å². The van der Waals surface area contributed by atoms with E-state index in [4.69, 9.17) is 4.74 Å². The molecule has 0 atom stereocenters. The van der Waals surface area contributed by atoms with E-state index in [1.807, 2.05) is 0 Å². The molecular weight excluding hydrogens is 392 g/mol. The predicted molar refractivity (Wildman–Crippen MR) is 133 cm³/mol. The summed E-state index contributed by atoms with van der Waals surface area (Å²) in [6, 6.07) is 26.5. The standard InChI is InChI=1S/C29H34N2O/c1-2-8-28(9-3-1)31-19-17-30(18-20-31)23-25-12-10-24(11-13-25)16-21-32-29-15-14-26-6-4-5-7-27(26)22-29/h1-3,8-15,22H,4-7,16-21,23H2. The highest BCUT2D eigenvalue weighted by molar-refractivity contribution is 5.46. The van der Waals surface area contributed by atoms with Gasteiger partial charge in [-0.25, -0.2) is 0 Å². The number of hydrogen-bond acceptors (Lipinski definition) is 3. The summed E-state index contributed by atoms with van der Waals surface area (Å²) in [4.78, 5) is 5.05. The van der Waals surface area contributed by atoms with Crippen molar-refractivity contribution < 1.29 is 4.74 Å². The van der Waals surface area contributed by atoms with Crippen LogP contribution in [0, 0.1) is 0 Å². The quantitative estimate of drug-likeness (QED) is 0.495. The van der Waals surface area contributed by atoms with Crippen molar-refractivity contribution in [1.82, 2.24) is 4.90 Å². The summed E-state index contributed by atoms with van der Waals surface area (Å²) in [5.74, 6) is 1.02. The zero-order valence-corrected chi connectivity index (χ0v) is 19.0. The highest BCUT2D eigenvalue weighted by atomic mass is 16.5. The maximum Gasteiger partial charge on any atom is 0.119 e. The van der Waals surface area contributed by atoms with E-state index in [0.717, 1.165) is 51.5 Å². The molecule has 1 aliphatic heterocycles. The van der Waals surface area contributed by atoms with Crippen molar-refractivity contribution in [2.75, 3.05) is 37.7 Å². The Hall–Kier alpha value is -2.78. The minimum atomic E-state index is 0.736. The fraction of sp³-hybridized carbons (Fsp3) is 0.379. The third kappa shape index (κ3) is 5.34. The molecular formula is C29H34N2O. The Morgan fingerprint density at radius 1 is 0.688 bits per heavy atom. The molecule has 1 aliphatic carbocycles. The molecule has 0 bridgehead atoms. The molecule has 0 unspecified atom stereocenters. The van der Waals surface area contributed by atoms with Gasteiger partial charge in [0.2, 0.25) is 0 Å². The Morgan fingerprint density at radius 3 is 2.19 bits per heavy atom. The van der Waals surface area contributed by atoms with Crippen molar-refractivity contribution in [3.05, 3.63) is 95.1 Å². The van der Waals surface area contributed by atoms with E-state index in [1.165, 1.54) is 53.6 Å². The zero-order chi connectivity index (χ0) is 21.6. The molecule has 1 fully saturated rings. The van der Waals surface area contributed by atoms with Crippen LogP contribution in [-0.2, 0) is 25.8 Å². The van der Waals surface area contributed by atoms with Gasteiger partial charge in [0.1, 0.15) is 5.75 Å². The van der Waals surface area contributed by atoms with Crippen molar-refractivity contribution >= 4 is 5.69 Å². The number of rotatable bonds is 7. The molecule has 3 heteroatoms. The van der Waals surface area contributed by atoms with Crippen molar-refractivity contribution in [1.29, 1.82) is 0 Å². The lowest BCUT2D eigenvalue weighted by Gasteiger charge is -2.36. The van der Waals surface area contributed by atoms with Crippen molar-refractivity contribution in [2.45, 2.75) is 38.6 Å². The summed E-state index contributed by atoms with van der Waals surface area (Å²) in [5.41, 5.74) is 7.09. The van der Waals surface area contributed by atoms with Gasteiger partial charge in [-0.15, -0.1) is 0 Å². The van der Waals surface area contributed by atoms with E-state index >= 15 is 0 Å². The van der Waals surface area contributed by atoms with Gasteiger partial charge in [0.05, 0.1) is 6.61 Å². The number of fused-ring (bicyclic) bond motifs is 1. The molecule has 0 N–H and O–H groups in total. The summed E-state index contributed by atoms with van der Waals surface area (Å²) in [6.45, 7) is 6.20. The monoisotopic (exact) mass is 426 g/mol. The lowest BCUT2D eigenvalue weighted by Crippen LogP contribution is -2.45. The molecule has 0 saturated carbocycles. The summed E-state index contributed by atoms with van der Waals surface area (Å²) < 4.78 is 6.06. The van der Waals surface area contributed by atoms with Gasteiger partial charge in [-0.1, -0.05) is 48.5 Å². The number of piperazine rings is 1. The van der Waals surface area contributed by atoms with Crippen LogP contribution in [0.25, 0.3) is 0 Å². The number of para-hydroxylation sites is 1. The van der Waals surface area contributed by atoms with Crippen LogP contribution >= 0.6 is 0 Å². The van der Waals surface area contributed by atoms with E-state index in [2.05, 4.69) is 82.6 Å². The molecule has 2 aliphatic rings. The number of ether oxygens (including phenoxy) is 1. The summed E-state index contributed by atoms with van der Waals surface area (Å²) >= 11 is 0. The molecule has 166 valence electrons. The first-order valence-corrected chi connectivity index (χ1v) is 12.2. The number of anilines is 1. The Morgan fingerprint density at radius 2 is 1.41 bits per heavy atom. The molecule has 3 nitrogen and oxygen atoms in total. The molecule has 3 aromatic rings. The zero-order valence-electron chi connectivity index (χ0n) is 19.0. The van der Waals surface area contributed by atoms with Crippen LogP contribution in [0.3, 0.4) is 0 Å². The van der Waals surface area contributed by atoms with Gasteiger partial charge >= 0.3 is 0 Å². The fourth-order valence-electron chi connectivity index (χ4n) is 4.96. The number of aryl methyl sites for hydroxylation is 2. The van der Waals surface area contributed by atoms with Crippen molar-refractivity contribution in [2.24, 2.45) is 0 Å². The smallest absolute Gasteiger partial charge is 0.119 e. The van der Waals surface area contributed by atoms with E-state index in [9.17, 15) is 0 Å². The number of benzene rings is 3. The fourth-order valence-corrected chi connectivity index (χ4v) is 4.96. The van der Waals surface area contributed by atoms with Crippen molar-refractivity contribution in [3.63, 3.8) is 0 Å². The molecule has 5 rings (SSSR count). The number of nitrogens with zero attached hydrogens (tertiary/aromatic N) is 2. The van der Waals surface area contributed by atoms with Crippen LogP contribution in [0.5, 0.6) is 5.75 Å². The summed E-state index contributed by atoms with van der Waals surface area (Å²) in [7, 11) is 0. The highest BCUT2D eigenvalue weighted by Crippen LogP contribution is 2.25. The molecule has 0 aromatic heterocycles. The molecule has 3 aromatic carbocycles. The van der Waals surface area contributed by atoms with Gasteiger partial charge in [0.25, 0.3) is 0 Å². The van der Waals surface area contributed by atoms with Gasteiger partial charge < -0.3 is 9.64 Å².